The predicted molar refractivity (Wildman–Crippen MR) is 97.4 cm³/mol. The average Bonchev–Trinajstić information content (AvgIpc) is 2.59. The van der Waals surface area contributed by atoms with E-state index in [9.17, 15) is 28.2 Å². The maximum Gasteiger partial charge on any atom is 0.299 e. The molecule has 0 aliphatic carbocycles. The highest BCUT2D eigenvalue weighted by molar-refractivity contribution is 7.86. The van der Waals surface area contributed by atoms with Gasteiger partial charge in [0.15, 0.2) is 5.69 Å². The number of hydrogen-bond acceptors (Lipinski definition) is 7. The summed E-state index contributed by atoms with van der Waals surface area (Å²) in [6.45, 7) is 1.56. The van der Waals surface area contributed by atoms with Gasteiger partial charge < -0.3 is 5.11 Å². The second kappa shape index (κ2) is 6.74. The van der Waals surface area contributed by atoms with Crippen molar-refractivity contribution in [1.29, 1.82) is 0 Å². The number of hydrogen-bond donors (Lipinski definition) is 2. The van der Waals surface area contributed by atoms with Gasteiger partial charge in [0, 0.05) is 16.3 Å². The summed E-state index contributed by atoms with van der Waals surface area (Å²) >= 11 is 0. The van der Waals surface area contributed by atoms with E-state index < -0.39 is 15.0 Å². The smallest absolute Gasteiger partial charge is 0.299 e. The molecule has 0 saturated heterocycles. The van der Waals surface area contributed by atoms with Crippen LogP contribution in [0.25, 0.3) is 10.8 Å². The SMILES string of the molecule is Cc1cccc(N=Nc2c(O)ccc3c(S(=O)(=O)O)cccc23)c1[N+](=O)[O-]. The summed E-state index contributed by atoms with van der Waals surface area (Å²) < 4.78 is 32.5. The zero-order valence-electron chi connectivity index (χ0n) is 13.9. The Balaban J connectivity index is 2.22. The number of para-hydroxylation sites is 1. The Hall–Kier alpha value is -3.37. The first-order valence-electron chi connectivity index (χ1n) is 7.58. The fourth-order valence-electron chi connectivity index (χ4n) is 2.70. The molecule has 0 aromatic heterocycles. The van der Waals surface area contributed by atoms with Crippen LogP contribution < -0.4 is 0 Å². The van der Waals surface area contributed by atoms with Crippen molar-refractivity contribution in [1.82, 2.24) is 0 Å². The predicted octanol–water partition coefficient (Wildman–Crippen LogP) is 4.42. The molecule has 0 heterocycles. The lowest BCUT2D eigenvalue weighted by molar-refractivity contribution is -0.384. The summed E-state index contributed by atoms with van der Waals surface area (Å²) in [5.74, 6) is -0.297. The Bertz CT molecular complexity index is 1200. The molecule has 0 aliphatic heterocycles. The molecule has 0 aliphatic rings. The number of rotatable bonds is 4. The van der Waals surface area contributed by atoms with Crippen molar-refractivity contribution in [3.8, 4) is 5.75 Å². The van der Waals surface area contributed by atoms with Crippen LogP contribution in [0.4, 0.5) is 17.1 Å². The van der Waals surface area contributed by atoms with E-state index in [0.29, 0.717) is 5.56 Å². The number of fused-ring (bicyclic) bond motifs is 1. The van der Waals surface area contributed by atoms with Crippen molar-refractivity contribution in [2.75, 3.05) is 0 Å². The maximum absolute atomic E-state index is 11.5. The summed E-state index contributed by atoms with van der Waals surface area (Å²) in [6, 6.07) is 11.1. The molecule has 3 rings (SSSR count). The molecule has 3 aromatic rings. The second-order valence-corrected chi connectivity index (χ2v) is 7.05. The van der Waals surface area contributed by atoms with E-state index in [1.807, 2.05) is 0 Å². The van der Waals surface area contributed by atoms with Gasteiger partial charge in [0.1, 0.15) is 16.3 Å². The van der Waals surface area contributed by atoms with E-state index in [1.165, 1.54) is 36.4 Å². The van der Waals surface area contributed by atoms with E-state index >= 15 is 0 Å². The van der Waals surface area contributed by atoms with Gasteiger partial charge in [0.25, 0.3) is 15.8 Å². The third-order valence-corrected chi connectivity index (χ3v) is 4.82. The highest BCUT2D eigenvalue weighted by atomic mass is 32.2. The zero-order chi connectivity index (χ0) is 19.8. The van der Waals surface area contributed by atoms with Gasteiger partial charge in [-0.2, -0.15) is 8.42 Å². The van der Waals surface area contributed by atoms with Crippen LogP contribution >= 0.6 is 0 Å². The average molecular weight is 387 g/mol. The van der Waals surface area contributed by atoms with Gasteiger partial charge in [0.05, 0.1) is 4.92 Å². The summed E-state index contributed by atoms with van der Waals surface area (Å²) in [4.78, 5) is 10.3. The number of aryl methyl sites for hydroxylation is 1. The summed E-state index contributed by atoms with van der Waals surface area (Å²) in [6.07, 6.45) is 0. The van der Waals surface area contributed by atoms with Crippen LogP contribution in [0.2, 0.25) is 0 Å². The normalized spacial score (nSPS) is 11.9. The molecule has 0 saturated carbocycles. The van der Waals surface area contributed by atoms with Gasteiger partial charge in [-0.05, 0) is 31.2 Å². The van der Waals surface area contributed by atoms with Crippen molar-refractivity contribution in [3.05, 3.63) is 64.2 Å². The molecular formula is C17H13N3O6S. The monoisotopic (exact) mass is 387 g/mol. The molecule has 0 unspecified atom stereocenters. The lowest BCUT2D eigenvalue weighted by Gasteiger charge is -2.07. The third kappa shape index (κ3) is 3.48. The number of aromatic hydroxyl groups is 1. The van der Waals surface area contributed by atoms with Crippen LogP contribution in [0, 0.1) is 17.0 Å². The van der Waals surface area contributed by atoms with Crippen molar-refractivity contribution in [2.45, 2.75) is 11.8 Å². The number of nitro groups is 1. The summed E-state index contributed by atoms with van der Waals surface area (Å²) in [5.41, 5.74) is 0.0861. The molecule has 138 valence electrons. The number of phenolic OH excluding ortho intramolecular Hbond substituents is 1. The number of nitrogens with zero attached hydrogens (tertiary/aromatic N) is 3. The Morgan fingerprint density at radius 1 is 1.00 bits per heavy atom. The van der Waals surface area contributed by atoms with Crippen LogP contribution in [-0.2, 0) is 10.1 Å². The molecule has 10 heteroatoms. The van der Waals surface area contributed by atoms with Gasteiger partial charge in [-0.25, -0.2) is 0 Å². The van der Waals surface area contributed by atoms with Crippen molar-refractivity contribution >= 4 is 38.0 Å². The van der Waals surface area contributed by atoms with Crippen LogP contribution in [0.15, 0.2) is 63.7 Å². The number of azo groups is 1. The van der Waals surface area contributed by atoms with Gasteiger partial charge in [-0.3, -0.25) is 14.7 Å². The molecular weight excluding hydrogens is 374 g/mol. The third-order valence-electron chi connectivity index (χ3n) is 3.91. The molecule has 2 N–H and O–H groups in total. The quantitative estimate of drug-likeness (QED) is 0.293. The maximum atomic E-state index is 11.5. The van der Waals surface area contributed by atoms with Crippen molar-refractivity contribution in [2.24, 2.45) is 10.2 Å². The van der Waals surface area contributed by atoms with Crippen molar-refractivity contribution in [3.63, 3.8) is 0 Å². The summed E-state index contributed by atoms with van der Waals surface area (Å²) in [7, 11) is -4.49. The number of nitro benzene ring substituents is 1. The van der Waals surface area contributed by atoms with Crippen LogP contribution in [0.5, 0.6) is 5.75 Å². The van der Waals surface area contributed by atoms with Gasteiger partial charge in [-0.1, -0.05) is 24.3 Å². The topological polar surface area (TPSA) is 142 Å². The Morgan fingerprint density at radius 2 is 1.70 bits per heavy atom. The molecule has 0 atom stereocenters. The van der Waals surface area contributed by atoms with E-state index in [0.717, 1.165) is 0 Å². The van der Waals surface area contributed by atoms with Crippen LogP contribution in [-0.4, -0.2) is 23.0 Å². The Morgan fingerprint density at radius 3 is 2.37 bits per heavy atom. The summed E-state index contributed by atoms with van der Waals surface area (Å²) in [5, 5.41) is 29.5. The minimum absolute atomic E-state index is 0.0117. The standard InChI is InChI=1S/C17H13N3O6S/c1-10-4-2-6-13(17(10)20(22)23)18-19-16-12-5-3-7-15(27(24,25)26)11(12)8-9-14(16)21/h2-9,21H,1H3,(H,24,25,26). The van der Waals surface area contributed by atoms with Gasteiger partial charge >= 0.3 is 0 Å². The molecule has 0 spiro atoms. The minimum atomic E-state index is -4.49. The van der Waals surface area contributed by atoms with Gasteiger partial charge in [-0.15, -0.1) is 10.2 Å². The molecule has 0 amide bonds. The first-order chi connectivity index (χ1) is 12.7. The largest absolute Gasteiger partial charge is 0.506 e. The number of benzene rings is 3. The molecule has 0 radical (unpaired) electrons. The van der Waals surface area contributed by atoms with E-state index in [1.54, 1.807) is 19.1 Å². The highest BCUT2D eigenvalue weighted by Crippen LogP contribution is 2.39. The first-order valence-corrected chi connectivity index (χ1v) is 9.02. The molecule has 0 fully saturated rings. The lowest BCUT2D eigenvalue weighted by Crippen LogP contribution is -1.98. The first kappa shape index (κ1) is 18.4. The highest BCUT2D eigenvalue weighted by Gasteiger charge is 2.19. The second-order valence-electron chi connectivity index (χ2n) is 5.66. The van der Waals surface area contributed by atoms with Crippen LogP contribution in [0.1, 0.15) is 5.56 Å². The number of phenols is 1. The molecule has 9 nitrogen and oxygen atoms in total. The van der Waals surface area contributed by atoms with E-state index in [4.69, 9.17) is 0 Å². The van der Waals surface area contributed by atoms with Crippen molar-refractivity contribution < 1.29 is 23.0 Å². The Kier molecular flexibility index (Phi) is 4.60. The molecule has 0 bridgehead atoms. The Labute approximate surface area is 153 Å². The zero-order valence-corrected chi connectivity index (χ0v) is 14.7. The minimum Gasteiger partial charge on any atom is -0.506 e. The molecule has 3 aromatic carbocycles. The van der Waals surface area contributed by atoms with Crippen LogP contribution in [0.3, 0.4) is 0 Å². The molecule has 27 heavy (non-hydrogen) atoms. The van der Waals surface area contributed by atoms with E-state index in [-0.39, 0.29) is 38.5 Å². The lowest BCUT2D eigenvalue weighted by atomic mass is 10.1. The van der Waals surface area contributed by atoms with Gasteiger partial charge in [0.2, 0.25) is 0 Å². The fraction of sp³-hybridized carbons (Fsp3) is 0.0588. The van der Waals surface area contributed by atoms with E-state index in [2.05, 4.69) is 10.2 Å². The fourth-order valence-corrected chi connectivity index (χ4v) is 3.40.